The van der Waals surface area contributed by atoms with Crippen LogP contribution in [0.15, 0.2) is 35.3 Å². The number of nitrogens with one attached hydrogen (secondary N) is 2. The van der Waals surface area contributed by atoms with Crippen molar-refractivity contribution in [1.29, 1.82) is 0 Å². The lowest BCUT2D eigenvalue weighted by atomic mass is 10.1. The molecule has 1 aromatic rings. The second-order valence-electron chi connectivity index (χ2n) is 10.6. The molecule has 3 amide bonds. The number of rotatable bonds is 13. The number of hydrogen-bond donors (Lipinski definition) is 5. The van der Waals surface area contributed by atoms with Crippen molar-refractivity contribution in [2.24, 2.45) is 16.5 Å². The molecule has 0 aromatic heterocycles. The molecule has 0 aliphatic carbocycles. The lowest BCUT2D eigenvalue weighted by Crippen LogP contribution is -2.56. The van der Waals surface area contributed by atoms with Gasteiger partial charge in [0.05, 0.1) is 6.42 Å². The van der Waals surface area contributed by atoms with Crippen LogP contribution < -0.4 is 22.1 Å². The fourth-order valence-corrected chi connectivity index (χ4v) is 4.15. The first kappa shape index (κ1) is 32.8. The molecular formula is C27H40N6O8. The first-order valence-electron chi connectivity index (χ1n) is 13.3. The number of carbonyl (C=O) groups excluding carboxylic acids is 4. The number of benzene rings is 1. The first-order valence-corrected chi connectivity index (χ1v) is 13.3. The molecule has 1 saturated heterocycles. The Bertz CT molecular complexity index is 1100. The van der Waals surface area contributed by atoms with E-state index in [0.717, 1.165) is 5.56 Å². The fourth-order valence-electron chi connectivity index (χ4n) is 4.15. The van der Waals surface area contributed by atoms with E-state index in [0.29, 0.717) is 12.8 Å². The number of ether oxygens (including phenoxy) is 2. The van der Waals surface area contributed by atoms with Crippen LogP contribution in [0.4, 0.5) is 4.79 Å². The molecule has 226 valence electrons. The van der Waals surface area contributed by atoms with Gasteiger partial charge in [-0.25, -0.2) is 9.59 Å². The Balaban J connectivity index is 2.12. The predicted molar refractivity (Wildman–Crippen MR) is 148 cm³/mol. The van der Waals surface area contributed by atoms with Crippen LogP contribution >= 0.6 is 0 Å². The molecule has 1 fully saturated rings. The van der Waals surface area contributed by atoms with E-state index in [1.165, 1.54) is 4.90 Å². The molecule has 0 unspecified atom stereocenters. The van der Waals surface area contributed by atoms with Gasteiger partial charge in [-0.15, -0.1) is 0 Å². The summed E-state index contributed by atoms with van der Waals surface area (Å²) in [6, 6.07) is 5.34. The monoisotopic (exact) mass is 576 g/mol. The summed E-state index contributed by atoms with van der Waals surface area (Å²) >= 11 is 0. The van der Waals surface area contributed by atoms with Gasteiger partial charge in [0.15, 0.2) is 5.96 Å². The van der Waals surface area contributed by atoms with Gasteiger partial charge >= 0.3 is 18.0 Å². The topological polar surface area (TPSA) is 216 Å². The zero-order chi connectivity index (χ0) is 30.6. The minimum Gasteiger partial charge on any atom is -0.480 e. The molecule has 7 N–H and O–H groups in total. The minimum absolute atomic E-state index is 0.0263. The van der Waals surface area contributed by atoms with Crippen LogP contribution in [-0.4, -0.2) is 82.6 Å². The van der Waals surface area contributed by atoms with Gasteiger partial charge in [-0.2, -0.15) is 0 Å². The van der Waals surface area contributed by atoms with Gasteiger partial charge in [-0.05, 0) is 52.0 Å². The van der Waals surface area contributed by atoms with Crippen LogP contribution in [0.5, 0.6) is 0 Å². The number of hydrogen-bond acceptors (Lipinski definition) is 8. The zero-order valence-corrected chi connectivity index (χ0v) is 23.6. The molecule has 14 heteroatoms. The number of esters is 1. The zero-order valence-electron chi connectivity index (χ0n) is 23.6. The Morgan fingerprint density at radius 1 is 1.10 bits per heavy atom. The number of aliphatic carboxylic acids is 1. The number of guanidine groups is 1. The number of aliphatic imine (C=N–C) groups is 1. The van der Waals surface area contributed by atoms with Crippen LogP contribution in [0.3, 0.4) is 0 Å². The maximum atomic E-state index is 13.6. The standard InChI is InChI=1S/C27H40N6O8/c1-27(2,3)41-26(39)32-19(15-21(34)40-16-17-9-5-4-6-10-17)23(36)33-14-8-12-20(33)22(35)31-18(24(37)38)11-7-13-30-25(28)29/h4-6,9-10,18-20H,7-8,11-16H2,1-3H3,(H,31,35)(H,32,39)(H,37,38)(H4,28,29,30)/t18-,19-,20+/m0/s1. The highest BCUT2D eigenvalue weighted by Crippen LogP contribution is 2.20. The molecule has 0 radical (unpaired) electrons. The van der Waals surface area contributed by atoms with E-state index in [1.807, 2.05) is 6.07 Å². The summed E-state index contributed by atoms with van der Waals surface area (Å²) in [7, 11) is 0. The Morgan fingerprint density at radius 2 is 1.78 bits per heavy atom. The molecule has 1 aliphatic heterocycles. The summed E-state index contributed by atoms with van der Waals surface area (Å²) in [5.41, 5.74) is 10.4. The average molecular weight is 577 g/mol. The highest BCUT2D eigenvalue weighted by atomic mass is 16.6. The van der Waals surface area contributed by atoms with Gasteiger partial charge in [0.25, 0.3) is 0 Å². The van der Waals surface area contributed by atoms with E-state index in [9.17, 15) is 29.1 Å². The Kier molecular flexibility index (Phi) is 12.4. The second kappa shape index (κ2) is 15.4. The third-order valence-electron chi connectivity index (χ3n) is 6.00. The summed E-state index contributed by atoms with van der Waals surface area (Å²) in [6.45, 7) is 5.28. The molecule has 1 heterocycles. The van der Waals surface area contributed by atoms with Crippen molar-refractivity contribution in [2.75, 3.05) is 13.1 Å². The van der Waals surface area contributed by atoms with E-state index in [-0.39, 0.29) is 38.5 Å². The predicted octanol–water partition coefficient (Wildman–Crippen LogP) is 0.627. The highest BCUT2D eigenvalue weighted by molar-refractivity contribution is 5.95. The lowest BCUT2D eigenvalue weighted by molar-refractivity contribution is -0.149. The van der Waals surface area contributed by atoms with Gasteiger partial charge in [0, 0.05) is 13.1 Å². The van der Waals surface area contributed by atoms with E-state index in [2.05, 4.69) is 15.6 Å². The number of nitrogens with two attached hydrogens (primary N) is 2. The molecule has 2 rings (SSSR count). The minimum atomic E-state index is -1.38. The van der Waals surface area contributed by atoms with Crippen LogP contribution in [0.25, 0.3) is 0 Å². The van der Waals surface area contributed by atoms with Crippen molar-refractivity contribution >= 4 is 35.8 Å². The maximum Gasteiger partial charge on any atom is 0.408 e. The number of carboxylic acid groups (broad SMARTS) is 1. The average Bonchev–Trinajstić information content (AvgIpc) is 3.38. The summed E-state index contributed by atoms with van der Waals surface area (Å²) in [5.74, 6) is -3.46. The van der Waals surface area contributed by atoms with Gasteiger partial charge < -0.3 is 41.6 Å². The largest absolute Gasteiger partial charge is 0.480 e. The van der Waals surface area contributed by atoms with Crippen molar-refractivity contribution in [2.45, 2.75) is 83.2 Å². The Labute approximate surface area is 238 Å². The van der Waals surface area contributed by atoms with Crippen LogP contribution in [0.1, 0.15) is 58.4 Å². The summed E-state index contributed by atoms with van der Waals surface area (Å²) in [4.78, 5) is 68.6. The molecule has 0 spiro atoms. The molecule has 3 atom stereocenters. The van der Waals surface area contributed by atoms with Crippen molar-refractivity contribution in [3.63, 3.8) is 0 Å². The van der Waals surface area contributed by atoms with Crippen molar-refractivity contribution in [3.8, 4) is 0 Å². The maximum absolute atomic E-state index is 13.6. The summed E-state index contributed by atoms with van der Waals surface area (Å²) < 4.78 is 10.6. The molecule has 1 aromatic carbocycles. The number of nitrogens with zero attached hydrogens (tertiary/aromatic N) is 2. The van der Waals surface area contributed by atoms with Crippen LogP contribution in [0, 0.1) is 0 Å². The molecule has 1 aliphatic rings. The molecule has 41 heavy (non-hydrogen) atoms. The smallest absolute Gasteiger partial charge is 0.408 e. The van der Waals surface area contributed by atoms with E-state index < -0.39 is 60.0 Å². The third-order valence-corrected chi connectivity index (χ3v) is 6.00. The van der Waals surface area contributed by atoms with E-state index >= 15 is 0 Å². The lowest BCUT2D eigenvalue weighted by Gasteiger charge is -2.29. The second-order valence-corrected chi connectivity index (χ2v) is 10.6. The van der Waals surface area contributed by atoms with Crippen LogP contribution in [0.2, 0.25) is 0 Å². The van der Waals surface area contributed by atoms with E-state index in [1.54, 1.807) is 45.0 Å². The van der Waals surface area contributed by atoms with Crippen molar-refractivity contribution in [3.05, 3.63) is 35.9 Å². The normalized spacial score (nSPS) is 16.2. The van der Waals surface area contributed by atoms with Gasteiger partial charge in [0.1, 0.15) is 30.3 Å². The summed E-state index contributed by atoms with van der Waals surface area (Å²) in [5, 5.41) is 14.5. The summed E-state index contributed by atoms with van der Waals surface area (Å²) in [6.07, 6.45) is -0.319. The molecular weight excluding hydrogens is 536 g/mol. The fraction of sp³-hybridized carbons (Fsp3) is 0.556. The number of carboxylic acids is 1. The van der Waals surface area contributed by atoms with Crippen LogP contribution in [-0.2, 0) is 35.3 Å². The van der Waals surface area contributed by atoms with Crippen molar-refractivity contribution < 1.29 is 38.6 Å². The number of carbonyl (C=O) groups is 5. The number of likely N-dealkylation sites (tertiary alicyclic amines) is 1. The quantitative estimate of drug-likeness (QED) is 0.0955. The highest BCUT2D eigenvalue weighted by Gasteiger charge is 2.40. The van der Waals surface area contributed by atoms with Gasteiger partial charge in [-0.3, -0.25) is 19.4 Å². The van der Waals surface area contributed by atoms with E-state index in [4.69, 9.17) is 20.9 Å². The van der Waals surface area contributed by atoms with Gasteiger partial charge in [0.2, 0.25) is 11.8 Å². The molecule has 14 nitrogen and oxygen atoms in total. The molecule has 0 bridgehead atoms. The van der Waals surface area contributed by atoms with Gasteiger partial charge in [-0.1, -0.05) is 30.3 Å². The third kappa shape index (κ3) is 11.7. The molecule has 0 saturated carbocycles. The van der Waals surface area contributed by atoms with Crippen molar-refractivity contribution in [1.82, 2.24) is 15.5 Å². The Hall–Kier alpha value is -4.36. The Morgan fingerprint density at radius 3 is 2.39 bits per heavy atom. The first-order chi connectivity index (χ1) is 19.3. The number of amides is 3. The number of alkyl carbamates (subject to hydrolysis) is 1. The SMILES string of the molecule is CC(C)(C)OC(=O)N[C@@H](CC(=O)OCc1ccccc1)C(=O)N1CCC[C@@H]1C(=O)N[C@@H](CCCN=C(N)N)C(=O)O.